The summed E-state index contributed by atoms with van der Waals surface area (Å²) in [5, 5.41) is 5.78. The molecule has 2 N–H and O–H groups in total. The van der Waals surface area contributed by atoms with Gasteiger partial charge < -0.3 is 15.4 Å². The van der Waals surface area contributed by atoms with Crippen molar-refractivity contribution in [3.63, 3.8) is 0 Å². The molecule has 6 nitrogen and oxygen atoms in total. The van der Waals surface area contributed by atoms with Crippen LogP contribution in [0.1, 0.15) is 49.9 Å². The molecule has 9 heteroatoms. The highest BCUT2D eigenvalue weighted by atomic mass is 19.4. The number of amides is 2. The monoisotopic (exact) mass is 429 g/mol. The number of carbonyl (C=O) groups excluding carboxylic acids is 2. The molecule has 1 aliphatic heterocycles. The lowest BCUT2D eigenvalue weighted by atomic mass is 9.96. The molecular formula is C21H30F3N3O3. The van der Waals surface area contributed by atoms with Crippen LogP contribution in [0.4, 0.5) is 13.2 Å². The van der Waals surface area contributed by atoms with Gasteiger partial charge in [-0.25, -0.2) is 0 Å². The Kier molecular flexibility index (Phi) is 8.95. The lowest BCUT2D eigenvalue weighted by Crippen LogP contribution is -2.45. The van der Waals surface area contributed by atoms with Crippen molar-refractivity contribution in [2.24, 2.45) is 5.92 Å². The van der Waals surface area contributed by atoms with E-state index in [0.29, 0.717) is 13.1 Å². The van der Waals surface area contributed by atoms with Crippen molar-refractivity contribution in [2.45, 2.75) is 51.9 Å². The van der Waals surface area contributed by atoms with Crippen LogP contribution in [-0.4, -0.2) is 55.3 Å². The van der Waals surface area contributed by atoms with E-state index in [9.17, 15) is 22.8 Å². The van der Waals surface area contributed by atoms with Crippen LogP contribution >= 0.6 is 0 Å². The van der Waals surface area contributed by atoms with Crippen molar-refractivity contribution in [2.75, 3.05) is 26.2 Å². The molecule has 168 valence electrons. The van der Waals surface area contributed by atoms with E-state index in [4.69, 9.17) is 0 Å². The molecule has 1 aromatic carbocycles. The first-order valence-electron chi connectivity index (χ1n) is 10.3. The van der Waals surface area contributed by atoms with Crippen LogP contribution in [0.15, 0.2) is 24.3 Å². The van der Waals surface area contributed by atoms with E-state index < -0.39 is 18.0 Å². The maximum Gasteiger partial charge on any atom is 0.573 e. The zero-order valence-electron chi connectivity index (χ0n) is 17.4. The minimum atomic E-state index is -4.80. The number of benzene rings is 1. The zero-order valence-corrected chi connectivity index (χ0v) is 17.4. The number of likely N-dealkylation sites (tertiary alicyclic amines) is 1. The van der Waals surface area contributed by atoms with Crippen LogP contribution in [0, 0.1) is 5.92 Å². The van der Waals surface area contributed by atoms with Gasteiger partial charge in [0.15, 0.2) is 0 Å². The maximum absolute atomic E-state index is 12.3. The normalized spacial score (nSPS) is 16.7. The number of alkyl halides is 3. The largest absolute Gasteiger partial charge is 0.573 e. The van der Waals surface area contributed by atoms with Crippen molar-refractivity contribution in [1.29, 1.82) is 0 Å². The summed E-state index contributed by atoms with van der Waals surface area (Å²) in [5.41, 5.74) is 0.118. The van der Waals surface area contributed by atoms with Crippen LogP contribution in [0.5, 0.6) is 5.75 Å². The average Bonchev–Trinajstić information content (AvgIpc) is 2.66. The van der Waals surface area contributed by atoms with E-state index in [1.54, 1.807) is 0 Å². The van der Waals surface area contributed by atoms with Gasteiger partial charge in [0.1, 0.15) is 5.75 Å². The van der Waals surface area contributed by atoms with E-state index in [-0.39, 0.29) is 23.4 Å². The minimum Gasteiger partial charge on any atom is -0.406 e. The van der Waals surface area contributed by atoms with Crippen molar-refractivity contribution >= 4 is 11.8 Å². The van der Waals surface area contributed by atoms with Crippen LogP contribution in [0.25, 0.3) is 0 Å². The fourth-order valence-corrected chi connectivity index (χ4v) is 3.55. The third-order valence-electron chi connectivity index (χ3n) is 5.08. The molecule has 0 aromatic heterocycles. The van der Waals surface area contributed by atoms with Crippen molar-refractivity contribution in [3.8, 4) is 5.75 Å². The average molecular weight is 429 g/mol. The van der Waals surface area contributed by atoms with Gasteiger partial charge in [0.2, 0.25) is 5.91 Å². The van der Waals surface area contributed by atoms with Gasteiger partial charge in [0.05, 0.1) is 6.54 Å². The van der Waals surface area contributed by atoms with Gasteiger partial charge in [0, 0.05) is 18.2 Å². The molecule has 1 unspecified atom stereocenters. The van der Waals surface area contributed by atoms with E-state index in [1.807, 2.05) is 6.92 Å². The first-order valence-corrected chi connectivity index (χ1v) is 10.3. The number of ether oxygens (including phenoxy) is 1. The van der Waals surface area contributed by atoms with Gasteiger partial charge >= 0.3 is 6.36 Å². The highest BCUT2D eigenvalue weighted by molar-refractivity contribution is 5.94. The summed E-state index contributed by atoms with van der Waals surface area (Å²) in [6.07, 6.45) is -1.13. The van der Waals surface area contributed by atoms with Gasteiger partial charge in [-0.1, -0.05) is 19.4 Å². The Balaban J connectivity index is 1.72. The number of hydrogen-bond donors (Lipinski definition) is 2. The Labute approximate surface area is 175 Å². The van der Waals surface area contributed by atoms with Crippen LogP contribution in [0.3, 0.4) is 0 Å². The third-order valence-corrected chi connectivity index (χ3v) is 5.08. The molecule has 0 radical (unpaired) electrons. The highest BCUT2D eigenvalue weighted by Crippen LogP contribution is 2.23. The summed E-state index contributed by atoms with van der Waals surface area (Å²) in [6, 6.07) is 5.19. The van der Waals surface area contributed by atoms with Crippen molar-refractivity contribution < 1.29 is 27.5 Å². The van der Waals surface area contributed by atoms with E-state index in [1.165, 1.54) is 12.1 Å². The van der Waals surface area contributed by atoms with Gasteiger partial charge in [-0.05, 0) is 63.4 Å². The first-order chi connectivity index (χ1) is 14.2. The molecule has 1 aromatic rings. The minimum absolute atomic E-state index is 0.0312. The molecule has 1 atom stereocenters. The van der Waals surface area contributed by atoms with Crippen molar-refractivity contribution in [3.05, 3.63) is 29.8 Å². The predicted molar refractivity (Wildman–Crippen MR) is 107 cm³/mol. The topological polar surface area (TPSA) is 70.7 Å². The number of nitrogens with zero attached hydrogens (tertiary/aromatic N) is 1. The number of rotatable bonds is 9. The second kappa shape index (κ2) is 11.2. The summed E-state index contributed by atoms with van der Waals surface area (Å²) >= 11 is 0. The maximum atomic E-state index is 12.3. The van der Waals surface area contributed by atoms with Gasteiger partial charge in [0.25, 0.3) is 5.91 Å². The molecule has 2 rings (SSSR count). The van der Waals surface area contributed by atoms with Crippen LogP contribution in [-0.2, 0) is 4.79 Å². The van der Waals surface area contributed by atoms with E-state index in [0.717, 1.165) is 50.9 Å². The molecular weight excluding hydrogens is 399 g/mol. The molecule has 0 saturated carbocycles. The highest BCUT2D eigenvalue weighted by Gasteiger charge is 2.31. The molecule has 1 fully saturated rings. The molecule has 0 spiro atoms. The summed E-state index contributed by atoms with van der Waals surface area (Å²) in [4.78, 5) is 26.4. The fourth-order valence-electron chi connectivity index (χ4n) is 3.55. The summed E-state index contributed by atoms with van der Waals surface area (Å²) in [5.74, 6) is -0.560. The molecule has 0 bridgehead atoms. The Morgan fingerprint density at radius 2 is 1.97 bits per heavy atom. The molecule has 1 aliphatic rings. The lowest BCUT2D eigenvalue weighted by Gasteiger charge is -2.31. The first kappa shape index (κ1) is 24.0. The standard InChI is InChI=1S/C21H30F3N3O3/c1-3-5-15(2)26-19(28)14-27-10-8-16(9-11-27)13-25-20(29)17-6-4-7-18(12-17)30-21(22,23)24/h4,6-7,12,15-16H,3,5,8-11,13-14H2,1-2H3,(H,25,29)(H,26,28). The molecule has 1 saturated heterocycles. The zero-order chi connectivity index (χ0) is 22.1. The number of piperidine rings is 1. The van der Waals surface area contributed by atoms with E-state index >= 15 is 0 Å². The SMILES string of the molecule is CCCC(C)NC(=O)CN1CCC(CNC(=O)c2cccc(OC(F)(F)F)c2)CC1. The smallest absolute Gasteiger partial charge is 0.406 e. The van der Waals surface area contributed by atoms with Gasteiger partial charge in [-0.3, -0.25) is 14.5 Å². The molecule has 1 heterocycles. The summed E-state index contributed by atoms with van der Waals surface area (Å²) in [7, 11) is 0. The van der Waals surface area contributed by atoms with E-state index in [2.05, 4.69) is 27.2 Å². The third kappa shape index (κ3) is 8.61. The van der Waals surface area contributed by atoms with Gasteiger partial charge in [-0.2, -0.15) is 0 Å². The summed E-state index contributed by atoms with van der Waals surface area (Å²) in [6.45, 7) is 6.44. The van der Waals surface area contributed by atoms with Gasteiger partial charge in [-0.15, -0.1) is 13.2 Å². The lowest BCUT2D eigenvalue weighted by molar-refractivity contribution is -0.274. The second-order valence-electron chi connectivity index (χ2n) is 7.76. The van der Waals surface area contributed by atoms with Crippen LogP contribution in [0.2, 0.25) is 0 Å². The predicted octanol–water partition coefficient (Wildman–Crippen LogP) is 3.33. The molecule has 2 amide bonds. The Morgan fingerprint density at radius 3 is 2.60 bits per heavy atom. The Morgan fingerprint density at radius 1 is 1.27 bits per heavy atom. The second-order valence-corrected chi connectivity index (χ2v) is 7.76. The van der Waals surface area contributed by atoms with Crippen molar-refractivity contribution in [1.82, 2.24) is 15.5 Å². The summed E-state index contributed by atoms with van der Waals surface area (Å²) < 4.78 is 40.8. The number of halogens is 3. The Hall–Kier alpha value is -2.29. The number of nitrogens with one attached hydrogen (secondary N) is 2. The van der Waals surface area contributed by atoms with Crippen LogP contribution < -0.4 is 15.4 Å². The quantitative estimate of drug-likeness (QED) is 0.632. The molecule has 0 aliphatic carbocycles. The fraction of sp³-hybridized carbons (Fsp3) is 0.619. The number of hydrogen-bond acceptors (Lipinski definition) is 4. The number of carbonyl (C=O) groups is 2. The molecule has 30 heavy (non-hydrogen) atoms. The Bertz CT molecular complexity index is 704.